The second kappa shape index (κ2) is 5.60. The lowest BCUT2D eigenvalue weighted by atomic mass is 10.1. The van der Waals surface area contributed by atoms with E-state index in [9.17, 15) is 18.0 Å². The van der Waals surface area contributed by atoms with Gasteiger partial charge in [-0.1, -0.05) is 0 Å². The standard InChI is InChI=1S/C14H10F3N3OS/c15-14(16,17)12-9(2-1-4-19-12)13(21)20-6-7-22-11-3-5-18-8-10(11)20/h1-5,8H,6-7H2. The van der Waals surface area contributed by atoms with Crippen molar-refractivity contribution < 1.29 is 18.0 Å². The zero-order chi connectivity index (χ0) is 15.7. The maximum Gasteiger partial charge on any atom is 0.434 e. The SMILES string of the molecule is O=C(c1cccnc1C(F)(F)F)N1CCSc2ccncc21. The summed E-state index contributed by atoms with van der Waals surface area (Å²) in [7, 11) is 0. The van der Waals surface area contributed by atoms with E-state index in [-0.39, 0.29) is 0 Å². The molecule has 2 aromatic rings. The predicted octanol–water partition coefficient (Wildman–Crippen LogP) is 3.25. The Balaban J connectivity index is 2.04. The topological polar surface area (TPSA) is 46.1 Å². The van der Waals surface area contributed by atoms with Crippen molar-refractivity contribution in [1.29, 1.82) is 0 Å². The Labute approximate surface area is 128 Å². The van der Waals surface area contributed by atoms with Gasteiger partial charge in [0.05, 0.1) is 17.4 Å². The molecule has 0 aromatic carbocycles. The number of nitrogens with zero attached hydrogens (tertiary/aromatic N) is 3. The molecule has 1 aliphatic rings. The van der Waals surface area contributed by atoms with E-state index in [1.807, 2.05) is 0 Å². The molecule has 1 aliphatic heterocycles. The third-order valence-electron chi connectivity index (χ3n) is 3.18. The lowest BCUT2D eigenvalue weighted by Gasteiger charge is -2.29. The van der Waals surface area contributed by atoms with Gasteiger partial charge in [0.15, 0.2) is 5.69 Å². The monoisotopic (exact) mass is 325 g/mol. The van der Waals surface area contributed by atoms with Gasteiger partial charge < -0.3 is 4.90 Å². The summed E-state index contributed by atoms with van der Waals surface area (Å²) >= 11 is 1.54. The third kappa shape index (κ3) is 2.66. The Kier molecular flexibility index (Phi) is 3.78. The molecule has 0 radical (unpaired) electrons. The van der Waals surface area contributed by atoms with Crippen molar-refractivity contribution in [3.63, 3.8) is 0 Å². The molecule has 0 saturated carbocycles. The minimum atomic E-state index is -4.67. The van der Waals surface area contributed by atoms with E-state index < -0.39 is 23.3 Å². The zero-order valence-corrected chi connectivity index (χ0v) is 12.0. The van der Waals surface area contributed by atoms with Crippen LogP contribution in [0.2, 0.25) is 0 Å². The summed E-state index contributed by atoms with van der Waals surface area (Å²) < 4.78 is 39.1. The summed E-state index contributed by atoms with van der Waals surface area (Å²) in [5, 5.41) is 0. The Morgan fingerprint density at radius 3 is 2.86 bits per heavy atom. The van der Waals surface area contributed by atoms with E-state index >= 15 is 0 Å². The quantitative estimate of drug-likeness (QED) is 0.807. The molecule has 0 atom stereocenters. The normalized spacial score (nSPS) is 14.6. The van der Waals surface area contributed by atoms with Crippen LogP contribution < -0.4 is 4.90 Å². The van der Waals surface area contributed by atoms with E-state index in [0.717, 1.165) is 17.2 Å². The highest BCUT2D eigenvalue weighted by molar-refractivity contribution is 7.99. The highest BCUT2D eigenvalue weighted by Crippen LogP contribution is 2.36. The van der Waals surface area contributed by atoms with Crippen LogP contribution in [0.5, 0.6) is 0 Å². The van der Waals surface area contributed by atoms with Crippen molar-refractivity contribution in [2.75, 3.05) is 17.2 Å². The van der Waals surface area contributed by atoms with Gasteiger partial charge in [-0.25, -0.2) is 0 Å². The number of anilines is 1. The van der Waals surface area contributed by atoms with Crippen LogP contribution in [0.25, 0.3) is 0 Å². The van der Waals surface area contributed by atoms with Crippen molar-refractivity contribution in [2.45, 2.75) is 11.1 Å². The number of halogens is 3. The van der Waals surface area contributed by atoms with Crippen molar-refractivity contribution in [3.8, 4) is 0 Å². The molecular weight excluding hydrogens is 315 g/mol. The maximum atomic E-state index is 13.0. The Morgan fingerprint density at radius 1 is 1.27 bits per heavy atom. The van der Waals surface area contributed by atoms with E-state index in [1.165, 1.54) is 17.2 Å². The van der Waals surface area contributed by atoms with Crippen LogP contribution in [-0.2, 0) is 6.18 Å². The number of aromatic nitrogens is 2. The number of hydrogen-bond donors (Lipinski definition) is 0. The first kappa shape index (κ1) is 14.8. The van der Waals surface area contributed by atoms with Gasteiger partial charge in [0.1, 0.15) is 0 Å². The van der Waals surface area contributed by atoms with Crippen molar-refractivity contribution in [3.05, 3.63) is 48.0 Å². The zero-order valence-electron chi connectivity index (χ0n) is 11.2. The van der Waals surface area contributed by atoms with Gasteiger partial charge in [-0.05, 0) is 18.2 Å². The van der Waals surface area contributed by atoms with Crippen LogP contribution in [0.1, 0.15) is 16.1 Å². The van der Waals surface area contributed by atoms with Crippen molar-refractivity contribution in [2.24, 2.45) is 0 Å². The number of hydrogen-bond acceptors (Lipinski definition) is 4. The largest absolute Gasteiger partial charge is 0.434 e. The van der Waals surface area contributed by atoms with Gasteiger partial charge in [-0.3, -0.25) is 14.8 Å². The molecule has 0 bridgehead atoms. The average molecular weight is 325 g/mol. The molecule has 2 aromatic heterocycles. The van der Waals surface area contributed by atoms with Crippen LogP contribution in [0.4, 0.5) is 18.9 Å². The second-order valence-electron chi connectivity index (χ2n) is 4.55. The number of alkyl halides is 3. The Morgan fingerprint density at radius 2 is 2.09 bits per heavy atom. The third-order valence-corrected chi connectivity index (χ3v) is 4.22. The average Bonchev–Trinajstić information content (AvgIpc) is 2.53. The molecule has 0 saturated heterocycles. The van der Waals surface area contributed by atoms with Gasteiger partial charge in [0, 0.05) is 29.6 Å². The first-order valence-corrected chi connectivity index (χ1v) is 7.38. The molecule has 0 aliphatic carbocycles. The molecule has 114 valence electrons. The number of thioether (sulfide) groups is 1. The predicted molar refractivity (Wildman–Crippen MR) is 75.9 cm³/mol. The summed E-state index contributed by atoms with van der Waals surface area (Å²) in [6.45, 7) is 0.328. The summed E-state index contributed by atoms with van der Waals surface area (Å²) in [5.74, 6) is -0.0975. The first-order valence-electron chi connectivity index (χ1n) is 6.39. The van der Waals surface area contributed by atoms with Crippen LogP contribution >= 0.6 is 11.8 Å². The summed E-state index contributed by atoms with van der Waals surface area (Å²) in [5.41, 5.74) is -1.08. The summed E-state index contributed by atoms with van der Waals surface area (Å²) in [4.78, 5) is 22.0. The number of rotatable bonds is 1. The van der Waals surface area contributed by atoms with Crippen LogP contribution in [0.15, 0.2) is 41.7 Å². The fourth-order valence-corrected chi connectivity index (χ4v) is 3.19. The smallest absolute Gasteiger partial charge is 0.305 e. The lowest BCUT2D eigenvalue weighted by Crippen LogP contribution is -2.36. The van der Waals surface area contributed by atoms with E-state index in [0.29, 0.717) is 18.0 Å². The highest BCUT2D eigenvalue weighted by atomic mass is 32.2. The number of pyridine rings is 2. The fourth-order valence-electron chi connectivity index (χ4n) is 2.23. The molecule has 1 amide bonds. The fraction of sp³-hybridized carbons (Fsp3) is 0.214. The minimum absolute atomic E-state index is 0.328. The number of amides is 1. The molecule has 0 fully saturated rings. The molecule has 3 rings (SSSR count). The summed E-state index contributed by atoms with van der Waals surface area (Å²) in [6.07, 6.45) is -0.566. The molecule has 0 N–H and O–H groups in total. The first-order chi connectivity index (χ1) is 10.5. The molecule has 0 spiro atoms. The highest BCUT2D eigenvalue weighted by Gasteiger charge is 2.38. The van der Waals surface area contributed by atoms with Gasteiger partial charge in [0.25, 0.3) is 5.91 Å². The number of fused-ring (bicyclic) bond motifs is 1. The molecule has 4 nitrogen and oxygen atoms in total. The molecule has 8 heteroatoms. The molecular formula is C14H10F3N3OS. The van der Waals surface area contributed by atoms with Crippen molar-refractivity contribution in [1.82, 2.24) is 9.97 Å². The Hall–Kier alpha value is -2.09. The molecule has 3 heterocycles. The Bertz CT molecular complexity index is 720. The van der Waals surface area contributed by atoms with E-state index in [4.69, 9.17) is 0 Å². The van der Waals surface area contributed by atoms with Crippen LogP contribution in [-0.4, -0.2) is 28.2 Å². The van der Waals surface area contributed by atoms with Gasteiger partial charge in [-0.2, -0.15) is 13.2 Å². The lowest BCUT2D eigenvalue weighted by molar-refractivity contribution is -0.141. The van der Waals surface area contributed by atoms with Crippen LogP contribution in [0.3, 0.4) is 0 Å². The van der Waals surface area contributed by atoms with Crippen molar-refractivity contribution >= 4 is 23.4 Å². The van der Waals surface area contributed by atoms with Gasteiger partial charge in [0.2, 0.25) is 0 Å². The molecule has 22 heavy (non-hydrogen) atoms. The van der Waals surface area contributed by atoms with Gasteiger partial charge in [-0.15, -0.1) is 11.8 Å². The van der Waals surface area contributed by atoms with Gasteiger partial charge >= 0.3 is 6.18 Å². The summed E-state index contributed by atoms with van der Waals surface area (Å²) in [6, 6.07) is 4.22. The second-order valence-corrected chi connectivity index (χ2v) is 5.68. The maximum absolute atomic E-state index is 13.0. The number of carbonyl (C=O) groups excluding carboxylic acids is 1. The van der Waals surface area contributed by atoms with E-state index in [2.05, 4.69) is 9.97 Å². The molecule has 0 unspecified atom stereocenters. The number of carbonyl (C=O) groups is 1. The minimum Gasteiger partial charge on any atom is -0.305 e. The van der Waals surface area contributed by atoms with Crippen LogP contribution in [0, 0.1) is 0 Å². The van der Waals surface area contributed by atoms with E-state index in [1.54, 1.807) is 24.0 Å².